The normalized spacial score (nSPS) is 14.3. The highest BCUT2D eigenvalue weighted by Crippen LogP contribution is 2.22. The van der Waals surface area contributed by atoms with Crippen LogP contribution < -0.4 is 10.2 Å². The van der Waals surface area contributed by atoms with Crippen molar-refractivity contribution in [1.82, 2.24) is 9.88 Å². The molecule has 6 nitrogen and oxygen atoms in total. The molecule has 7 heteroatoms. The third-order valence-electron chi connectivity index (χ3n) is 4.18. The lowest BCUT2D eigenvalue weighted by molar-refractivity contribution is -0.129. The lowest BCUT2D eigenvalue weighted by Crippen LogP contribution is -2.48. The number of hydrogen-bond donors (Lipinski definition) is 1. The number of amides is 2. The third kappa shape index (κ3) is 4.09. The topological polar surface area (TPSA) is 65.5 Å². The molecule has 1 N–H and O–H groups in total. The first-order valence-corrected chi connectivity index (χ1v) is 8.45. The van der Waals surface area contributed by atoms with Crippen LogP contribution in [0.25, 0.3) is 0 Å². The van der Waals surface area contributed by atoms with Crippen molar-refractivity contribution in [2.75, 3.05) is 36.4 Å². The summed E-state index contributed by atoms with van der Waals surface area (Å²) in [4.78, 5) is 32.1. The van der Waals surface area contributed by atoms with E-state index in [2.05, 4.69) is 15.2 Å². The highest BCUT2D eigenvalue weighted by molar-refractivity contribution is 6.33. The summed E-state index contributed by atoms with van der Waals surface area (Å²) >= 11 is 6.08. The minimum atomic E-state index is -0.237. The molecule has 0 saturated carbocycles. The van der Waals surface area contributed by atoms with Crippen LogP contribution in [-0.4, -0.2) is 47.9 Å². The summed E-state index contributed by atoms with van der Waals surface area (Å²) in [7, 11) is 0. The number of aromatic nitrogens is 1. The van der Waals surface area contributed by atoms with Crippen LogP contribution in [0.1, 0.15) is 17.3 Å². The number of nitrogens with one attached hydrogen (secondary N) is 1. The molecule has 3 rings (SSSR count). The zero-order chi connectivity index (χ0) is 17.8. The molecule has 2 aromatic rings. The second kappa shape index (κ2) is 7.53. The molecule has 0 radical (unpaired) electrons. The van der Waals surface area contributed by atoms with Crippen LogP contribution in [-0.2, 0) is 4.79 Å². The van der Waals surface area contributed by atoms with E-state index in [0.717, 1.165) is 5.82 Å². The molecular formula is C18H19ClN4O2. The number of hydrogen-bond acceptors (Lipinski definition) is 4. The Morgan fingerprint density at radius 2 is 1.84 bits per heavy atom. The van der Waals surface area contributed by atoms with E-state index in [0.29, 0.717) is 42.5 Å². The molecule has 25 heavy (non-hydrogen) atoms. The maximum absolute atomic E-state index is 12.5. The van der Waals surface area contributed by atoms with Crippen LogP contribution in [0.2, 0.25) is 5.02 Å². The van der Waals surface area contributed by atoms with Crippen molar-refractivity contribution in [3.63, 3.8) is 0 Å². The molecule has 2 amide bonds. The van der Waals surface area contributed by atoms with Gasteiger partial charge in [-0.05, 0) is 24.3 Å². The van der Waals surface area contributed by atoms with Gasteiger partial charge in [-0.15, -0.1) is 0 Å². The Kier molecular flexibility index (Phi) is 5.19. The molecule has 0 unspecified atom stereocenters. The largest absolute Gasteiger partial charge is 0.353 e. The number of carbonyl (C=O) groups is 2. The average molecular weight is 359 g/mol. The van der Waals surface area contributed by atoms with Gasteiger partial charge in [0.2, 0.25) is 5.91 Å². The van der Waals surface area contributed by atoms with Crippen LogP contribution in [0.3, 0.4) is 0 Å². The van der Waals surface area contributed by atoms with Crippen molar-refractivity contribution < 1.29 is 9.59 Å². The van der Waals surface area contributed by atoms with Gasteiger partial charge in [-0.1, -0.05) is 23.7 Å². The number of carbonyl (C=O) groups excluding carboxylic acids is 2. The maximum Gasteiger partial charge on any atom is 0.255 e. The minimum Gasteiger partial charge on any atom is -0.353 e. The molecular weight excluding hydrogens is 340 g/mol. The van der Waals surface area contributed by atoms with Crippen LogP contribution in [0, 0.1) is 0 Å². The second-order valence-corrected chi connectivity index (χ2v) is 6.24. The van der Waals surface area contributed by atoms with Crippen molar-refractivity contribution in [2.24, 2.45) is 0 Å². The number of anilines is 2. The zero-order valence-electron chi connectivity index (χ0n) is 13.9. The van der Waals surface area contributed by atoms with Gasteiger partial charge in [0.15, 0.2) is 0 Å². The Balaban J connectivity index is 1.70. The Morgan fingerprint density at radius 1 is 1.12 bits per heavy atom. The number of benzene rings is 1. The van der Waals surface area contributed by atoms with Crippen molar-refractivity contribution >= 4 is 34.9 Å². The fourth-order valence-electron chi connectivity index (χ4n) is 2.74. The van der Waals surface area contributed by atoms with Crippen molar-refractivity contribution in [2.45, 2.75) is 6.92 Å². The van der Waals surface area contributed by atoms with Crippen LogP contribution in [0.15, 0.2) is 42.6 Å². The van der Waals surface area contributed by atoms with Gasteiger partial charge in [-0.3, -0.25) is 9.59 Å². The van der Waals surface area contributed by atoms with E-state index in [1.54, 1.807) is 37.4 Å². The number of para-hydroxylation sites is 1. The molecule has 1 fully saturated rings. The Labute approximate surface area is 151 Å². The summed E-state index contributed by atoms with van der Waals surface area (Å²) in [5.41, 5.74) is 1.08. The number of nitrogens with zero attached hydrogens (tertiary/aromatic N) is 3. The molecule has 2 heterocycles. The molecule has 0 aliphatic carbocycles. The fourth-order valence-corrected chi connectivity index (χ4v) is 2.92. The zero-order valence-corrected chi connectivity index (χ0v) is 14.7. The predicted molar refractivity (Wildman–Crippen MR) is 98.1 cm³/mol. The van der Waals surface area contributed by atoms with E-state index in [4.69, 9.17) is 11.6 Å². The van der Waals surface area contributed by atoms with Crippen LogP contribution in [0.5, 0.6) is 0 Å². The van der Waals surface area contributed by atoms with Crippen LogP contribution in [0.4, 0.5) is 11.5 Å². The number of halogens is 1. The summed E-state index contributed by atoms with van der Waals surface area (Å²) in [5, 5.41) is 3.30. The average Bonchev–Trinajstić information content (AvgIpc) is 2.64. The van der Waals surface area contributed by atoms with Gasteiger partial charge in [0.25, 0.3) is 5.91 Å². The molecule has 1 aromatic heterocycles. The highest BCUT2D eigenvalue weighted by Gasteiger charge is 2.20. The Hall–Kier alpha value is -2.60. The van der Waals surface area contributed by atoms with Gasteiger partial charge < -0.3 is 15.1 Å². The predicted octanol–water partition coefficient (Wildman–Crippen LogP) is 2.66. The van der Waals surface area contributed by atoms with E-state index < -0.39 is 0 Å². The molecule has 1 aromatic carbocycles. The number of rotatable bonds is 3. The SMILES string of the molecule is CC(=O)N1CCN(c2cc(C(=O)Nc3ccccc3Cl)ccn2)CC1. The highest BCUT2D eigenvalue weighted by atomic mass is 35.5. The summed E-state index contributed by atoms with van der Waals surface area (Å²) < 4.78 is 0. The molecule has 1 saturated heterocycles. The van der Waals surface area contributed by atoms with Gasteiger partial charge in [0.1, 0.15) is 5.82 Å². The summed E-state index contributed by atoms with van der Waals surface area (Å²) in [6.07, 6.45) is 1.62. The first kappa shape index (κ1) is 17.2. The summed E-state index contributed by atoms with van der Waals surface area (Å²) in [6, 6.07) is 10.5. The van der Waals surface area contributed by atoms with Gasteiger partial charge in [0.05, 0.1) is 10.7 Å². The quantitative estimate of drug-likeness (QED) is 0.916. The molecule has 1 aliphatic heterocycles. The first-order valence-electron chi connectivity index (χ1n) is 8.07. The molecule has 0 atom stereocenters. The summed E-state index contributed by atoms with van der Waals surface area (Å²) in [6.45, 7) is 4.29. The smallest absolute Gasteiger partial charge is 0.255 e. The van der Waals surface area contributed by atoms with E-state index in [1.807, 2.05) is 17.0 Å². The van der Waals surface area contributed by atoms with E-state index in [9.17, 15) is 9.59 Å². The Morgan fingerprint density at radius 3 is 2.52 bits per heavy atom. The molecule has 0 bridgehead atoms. The standard InChI is InChI=1S/C18H19ClN4O2/c1-13(24)22-8-10-23(11-9-22)17-12-14(6-7-20-17)18(25)21-16-5-3-2-4-15(16)19/h2-7,12H,8-11H2,1H3,(H,21,25). The fraction of sp³-hybridized carbons (Fsp3) is 0.278. The van der Waals surface area contributed by atoms with Gasteiger partial charge in [-0.2, -0.15) is 0 Å². The van der Waals surface area contributed by atoms with Gasteiger partial charge in [0, 0.05) is 44.9 Å². The van der Waals surface area contributed by atoms with Crippen molar-refractivity contribution in [3.8, 4) is 0 Å². The second-order valence-electron chi connectivity index (χ2n) is 5.83. The maximum atomic E-state index is 12.5. The Bertz CT molecular complexity index is 788. The molecule has 1 aliphatic rings. The van der Waals surface area contributed by atoms with Gasteiger partial charge in [-0.25, -0.2) is 4.98 Å². The summed E-state index contributed by atoms with van der Waals surface area (Å²) in [5.74, 6) is 0.578. The lowest BCUT2D eigenvalue weighted by atomic mass is 10.2. The number of pyridine rings is 1. The molecule has 0 spiro atoms. The van der Waals surface area contributed by atoms with Crippen LogP contribution >= 0.6 is 11.6 Å². The van der Waals surface area contributed by atoms with E-state index >= 15 is 0 Å². The van der Waals surface area contributed by atoms with E-state index in [-0.39, 0.29) is 11.8 Å². The first-order chi connectivity index (χ1) is 12.0. The van der Waals surface area contributed by atoms with Gasteiger partial charge >= 0.3 is 0 Å². The lowest BCUT2D eigenvalue weighted by Gasteiger charge is -2.35. The minimum absolute atomic E-state index is 0.0838. The number of piperazine rings is 1. The van der Waals surface area contributed by atoms with Crippen molar-refractivity contribution in [1.29, 1.82) is 0 Å². The monoisotopic (exact) mass is 358 g/mol. The van der Waals surface area contributed by atoms with E-state index in [1.165, 1.54) is 0 Å². The molecule has 130 valence electrons. The third-order valence-corrected chi connectivity index (χ3v) is 4.51. The van der Waals surface area contributed by atoms with Crippen molar-refractivity contribution in [3.05, 3.63) is 53.2 Å².